The minimum absolute atomic E-state index is 0.00194. The van der Waals surface area contributed by atoms with Gasteiger partial charge in [-0.2, -0.15) is 5.12 Å². The summed E-state index contributed by atoms with van der Waals surface area (Å²) in [4.78, 5) is 37.4. The maximum absolute atomic E-state index is 14.3. The highest BCUT2D eigenvalue weighted by molar-refractivity contribution is 5.77. The van der Waals surface area contributed by atoms with Gasteiger partial charge < -0.3 is 15.4 Å². The molecule has 0 aliphatic carbocycles. The molecule has 176 valence electrons. The summed E-state index contributed by atoms with van der Waals surface area (Å²) in [6, 6.07) is -0.308. The monoisotopic (exact) mass is 431 g/mol. The number of hydrogen-bond donors (Lipinski definition) is 1. The molecule has 7 nitrogen and oxygen atoms in total. The molecular weight excluding hydrogens is 389 g/mol. The Labute approximate surface area is 181 Å². The first kappa shape index (κ1) is 28.3. The third-order valence-corrected chi connectivity index (χ3v) is 5.51. The Balaban J connectivity index is 4.84. The van der Waals surface area contributed by atoms with Gasteiger partial charge in [0, 0.05) is 27.0 Å². The summed E-state index contributed by atoms with van der Waals surface area (Å²) < 4.78 is 19.8. The topological polar surface area (TPSA) is 92.9 Å². The van der Waals surface area contributed by atoms with Gasteiger partial charge in [0.05, 0.1) is 25.1 Å². The normalized spacial score (nSPS) is 14.3. The van der Waals surface area contributed by atoms with Gasteiger partial charge in [0.15, 0.2) is 0 Å². The number of primary amides is 1. The lowest BCUT2D eigenvalue weighted by atomic mass is 9.90. The van der Waals surface area contributed by atoms with Crippen molar-refractivity contribution in [3.05, 3.63) is 0 Å². The average Bonchev–Trinajstić information content (AvgIpc) is 2.68. The number of unbranched alkanes of at least 4 members (excludes halogenated alkanes) is 3. The first-order chi connectivity index (χ1) is 14.0. The van der Waals surface area contributed by atoms with Gasteiger partial charge in [-0.1, -0.05) is 51.4 Å². The second-order valence-corrected chi connectivity index (χ2v) is 8.57. The lowest BCUT2D eigenvalue weighted by Gasteiger charge is -2.38. The molecule has 0 aromatic heterocycles. The van der Waals surface area contributed by atoms with Crippen LogP contribution < -0.4 is 5.73 Å². The van der Waals surface area contributed by atoms with Crippen LogP contribution >= 0.6 is 0 Å². The summed E-state index contributed by atoms with van der Waals surface area (Å²) in [7, 11) is 3.23. The van der Waals surface area contributed by atoms with Gasteiger partial charge in [-0.3, -0.25) is 14.4 Å². The molecule has 0 saturated heterocycles. The Morgan fingerprint density at radius 3 is 2.10 bits per heavy atom. The predicted molar refractivity (Wildman–Crippen MR) is 116 cm³/mol. The number of hydrogen-bond acceptors (Lipinski definition) is 4. The Morgan fingerprint density at radius 2 is 1.60 bits per heavy atom. The molecule has 0 heterocycles. The minimum atomic E-state index is -0.642. The maximum atomic E-state index is 14.3. The van der Waals surface area contributed by atoms with E-state index in [0.29, 0.717) is 25.7 Å². The maximum Gasteiger partial charge on any atom is 0.252 e. The zero-order chi connectivity index (χ0) is 23.3. The SMILES string of the molecule is CCC(C)C(C(CC(=O)N(F)CCCCCCC(N)=O)OC)N(C)C(=O)CC(C)C. The summed E-state index contributed by atoms with van der Waals surface area (Å²) in [6.07, 6.45) is 3.52. The molecule has 0 spiro atoms. The van der Waals surface area contributed by atoms with E-state index in [1.807, 2.05) is 27.7 Å². The van der Waals surface area contributed by atoms with Crippen LogP contribution in [0.15, 0.2) is 0 Å². The van der Waals surface area contributed by atoms with Crippen LogP contribution in [0.25, 0.3) is 0 Å². The van der Waals surface area contributed by atoms with E-state index in [1.54, 1.807) is 11.9 Å². The van der Waals surface area contributed by atoms with Crippen LogP contribution in [-0.4, -0.2) is 60.6 Å². The van der Waals surface area contributed by atoms with Crippen molar-refractivity contribution in [1.82, 2.24) is 10.0 Å². The summed E-state index contributed by atoms with van der Waals surface area (Å²) in [5.41, 5.74) is 5.09. The number of amides is 3. The van der Waals surface area contributed by atoms with E-state index in [9.17, 15) is 18.9 Å². The molecule has 0 radical (unpaired) electrons. The highest BCUT2D eigenvalue weighted by Gasteiger charge is 2.34. The lowest BCUT2D eigenvalue weighted by Crippen LogP contribution is -2.50. The van der Waals surface area contributed by atoms with E-state index in [-0.39, 0.29) is 47.8 Å². The van der Waals surface area contributed by atoms with Crippen LogP contribution in [0.1, 0.15) is 79.1 Å². The number of rotatable bonds is 16. The molecule has 0 aliphatic heterocycles. The quantitative estimate of drug-likeness (QED) is 0.299. The highest BCUT2D eigenvalue weighted by Crippen LogP contribution is 2.23. The standard InChI is InChI=1S/C22H42FN3O4/c1-7-17(4)22(25(5)20(28)14-16(2)3)18(30-6)15-21(29)26(23)13-11-9-8-10-12-19(24)27/h16-18,22H,7-15H2,1-6H3,(H2,24,27). The molecule has 0 bridgehead atoms. The molecule has 2 N–H and O–H groups in total. The first-order valence-corrected chi connectivity index (χ1v) is 11.1. The molecule has 0 rings (SSSR count). The smallest absolute Gasteiger partial charge is 0.252 e. The summed E-state index contributed by atoms with van der Waals surface area (Å²) in [5, 5.41) is 0.240. The van der Waals surface area contributed by atoms with E-state index in [0.717, 1.165) is 19.3 Å². The third-order valence-electron chi connectivity index (χ3n) is 5.51. The van der Waals surface area contributed by atoms with Crippen molar-refractivity contribution >= 4 is 17.7 Å². The van der Waals surface area contributed by atoms with Gasteiger partial charge in [0.2, 0.25) is 11.8 Å². The largest absolute Gasteiger partial charge is 0.379 e. The van der Waals surface area contributed by atoms with Crippen molar-refractivity contribution in [2.75, 3.05) is 20.7 Å². The highest BCUT2D eigenvalue weighted by atomic mass is 19.2. The molecule has 30 heavy (non-hydrogen) atoms. The van der Waals surface area contributed by atoms with E-state index in [1.165, 1.54) is 7.11 Å². The van der Waals surface area contributed by atoms with E-state index < -0.39 is 12.0 Å². The van der Waals surface area contributed by atoms with Gasteiger partial charge >= 0.3 is 0 Å². The predicted octanol–water partition coefficient (Wildman–Crippen LogP) is 3.46. The Bertz CT molecular complexity index is 531. The number of ether oxygens (including phenoxy) is 1. The molecule has 8 heteroatoms. The number of carbonyl (C=O) groups excluding carboxylic acids is 3. The molecule has 0 fully saturated rings. The van der Waals surface area contributed by atoms with Crippen LogP contribution in [0, 0.1) is 11.8 Å². The fourth-order valence-corrected chi connectivity index (χ4v) is 3.54. The number of nitrogens with two attached hydrogens (primary N) is 1. The van der Waals surface area contributed by atoms with Gasteiger partial charge in [0.1, 0.15) is 0 Å². The van der Waals surface area contributed by atoms with Crippen molar-refractivity contribution < 1.29 is 23.6 Å². The van der Waals surface area contributed by atoms with Gasteiger partial charge in [-0.05, 0) is 24.7 Å². The fourth-order valence-electron chi connectivity index (χ4n) is 3.54. The molecule has 3 unspecified atom stereocenters. The number of methoxy groups -OCH3 is 1. The minimum Gasteiger partial charge on any atom is -0.379 e. The van der Waals surface area contributed by atoms with Gasteiger partial charge in [0.25, 0.3) is 5.91 Å². The van der Waals surface area contributed by atoms with Crippen molar-refractivity contribution in [2.24, 2.45) is 17.6 Å². The number of carbonyl (C=O) groups is 3. The van der Waals surface area contributed by atoms with Crippen LogP contribution in [-0.2, 0) is 19.1 Å². The second kappa shape index (κ2) is 15.2. The molecule has 3 atom stereocenters. The Kier molecular flexibility index (Phi) is 14.3. The number of halogens is 1. The molecular formula is C22H42FN3O4. The summed E-state index contributed by atoms with van der Waals surface area (Å²) in [6.45, 7) is 8.00. The van der Waals surface area contributed by atoms with Crippen LogP contribution in [0.5, 0.6) is 0 Å². The molecule has 0 aliphatic rings. The Hall–Kier alpha value is -1.70. The molecule has 0 aromatic carbocycles. The molecule has 0 saturated carbocycles. The van der Waals surface area contributed by atoms with Crippen LogP contribution in [0.4, 0.5) is 4.48 Å². The average molecular weight is 432 g/mol. The van der Waals surface area contributed by atoms with Gasteiger partial charge in [-0.15, -0.1) is 0 Å². The van der Waals surface area contributed by atoms with E-state index in [2.05, 4.69) is 0 Å². The van der Waals surface area contributed by atoms with Crippen LogP contribution in [0.2, 0.25) is 0 Å². The third kappa shape index (κ3) is 10.9. The molecule has 3 amide bonds. The van der Waals surface area contributed by atoms with Gasteiger partial charge in [-0.25, -0.2) is 0 Å². The van der Waals surface area contributed by atoms with Crippen molar-refractivity contribution in [3.63, 3.8) is 0 Å². The lowest BCUT2D eigenvalue weighted by molar-refractivity contribution is -0.153. The van der Waals surface area contributed by atoms with Crippen molar-refractivity contribution in [3.8, 4) is 0 Å². The summed E-state index contributed by atoms with van der Waals surface area (Å²) in [5.74, 6) is -0.655. The summed E-state index contributed by atoms with van der Waals surface area (Å²) >= 11 is 0. The number of nitrogens with zero attached hydrogens (tertiary/aromatic N) is 2. The fraction of sp³-hybridized carbons (Fsp3) is 0.864. The van der Waals surface area contributed by atoms with E-state index in [4.69, 9.17) is 10.5 Å². The Morgan fingerprint density at radius 1 is 1.00 bits per heavy atom. The van der Waals surface area contributed by atoms with E-state index >= 15 is 0 Å². The molecule has 0 aromatic rings. The zero-order valence-corrected chi connectivity index (χ0v) is 19.7. The van der Waals surface area contributed by atoms with Crippen molar-refractivity contribution in [2.45, 2.75) is 91.2 Å². The number of likely N-dealkylation sites (N-methyl/N-ethyl adjacent to an activating group) is 1. The second-order valence-electron chi connectivity index (χ2n) is 8.57. The zero-order valence-electron chi connectivity index (χ0n) is 19.7. The van der Waals surface area contributed by atoms with Crippen LogP contribution in [0.3, 0.4) is 0 Å². The van der Waals surface area contributed by atoms with Crippen molar-refractivity contribution in [1.29, 1.82) is 0 Å². The first-order valence-electron chi connectivity index (χ1n) is 11.1.